The molecule has 2 aromatic heterocycles. The Morgan fingerprint density at radius 1 is 1.36 bits per heavy atom. The number of carbonyl (C=O) groups excluding carboxylic acids is 1. The van der Waals surface area contributed by atoms with Crippen LogP contribution < -0.4 is 0 Å². The molecule has 0 unspecified atom stereocenters. The Labute approximate surface area is 127 Å². The highest BCUT2D eigenvalue weighted by Gasteiger charge is 2.32. The predicted molar refractivity (Wildman–Crippen MR) is 82.6 cm³/mol. The maximum Gasteiger partial charge on any atom is 0.254 e. The summed E-state index contributed by atoms with van der Waals surface area (Å²) in [6.07, 6.45) is 3.59. The van der Waals surface area contributed by atoms with Gasteiger partial charge in [0.05, 0.1) is 23.4 Å². The molecule has 22 heavy (non-hydrogen) atoms. The molecule has 0 radical (unpaired) electrons. The van der Waals surface area contributed by atoms with Gasteiger partial charge in [-0.3, -0.25) is 4.79 Å². The summed E-state index contributed by atoms with van der Waals surface area (Å²) in [7, 11) is 0. The van der Waals surface area contributed by atoms with Crippen LogP contribution in [0.15, 0.2) is 41.1 Å². The monoisotopic (exact) mass is 295 g/mol. The summed E-state index contributed by atoms with van der Waals surface area (Å²) in [5.74, 6) is 1.81. The number of benzene rings is 1. The molecule has 112 valence electrons. The van der Waals surface area contributed by atoms with Crippen LogP contribution in [0, 0.1) is 6.92 Å². The number of amides is 1. The predicted octanol–water partition coefficient (Wildman–Crippen LogP) is 3.44. The second-order valence-corrected chi connectivity index (χ2v) is 5.74. The first-order chi connectivity index (χ1) is 10.7. The maximum absolute atomic E-state index is 12.9. The number of hydrogen-bond acceptors (Lipinski definition) is 3. The molecule has 1 atom stereocenters. The van der Waals surface area contributed by atoms with Crippen molar-refractivity contribution >= 4 is 16.9 Å². The van der Waals surface area contributed by atoms with Crippen LogP contribution in [0.4, 0.5) is 0 Å². The van der Waals surface area contributed by atoms with Gasteiger partial charge in [-0.1, -0.05) is 0 Å². The summed E-state index contributed by atoms with van der Waals surface area (Å²) >= 11 is 0. The number of aromatic nitrogens is 2. The van der Waals surface area contributed by atoms with Gasteiger partial charge in [0, 0.05) is 12.1 Å². The van der Waals surface area contributed by atoms with Gasteiger partial charge in [0.15, 0.2) is 0 Å². The molecule has 0 bridgehead atoms. The maximum atomic E-state index is 12.9. The Kier molecular flexibility index (Phi) is 2.99. The second-order valence-electron chi connectivity index (χ2n) is 5.74. The molecule has 1 aliphatic heterocycles. The van der Waals surface area contributed by atoms with Crippen molar-refractivity contribution in [3.8, 4) is 0 Å². The fourth-order valence-corrected chi connectivity index (χ4v) is 3.17. The Balaban J connectivity index is 1.65. The van der Waals surface area contributed by atoms with Crippen LogP contribution in [-0.2, 0) is 0 Å². The lowest BCUT2D eigenvalue weighted by molar-refractivity contribution is 0.0719. The largest absolute Gasteiger partial charge is 0.464 e. The molecule has 1 saturated heterocycles. The zero-order chi connectivity index (χ0) is 15.1. The zero-order valence-corrected chi connectivity index (χ0v) is 12.4. The van der Waals surface area contributed by atoms with Crippen molar-refractivity contribution in [2.24, 2.45) is 0 Å². The first-order valence-corrected chi connectivity index (χ1v) is 7.53. The van der Waals surface area contributed by atoms with E-state index in [9.17, 15) is 4.79 Å². The van der Waals surface area contributed by atoms with Crippen molar-refractivity contribution in [2.75, 3.05) is 6.54 Å². The summed E-state index contributed by atoms with van der Waals surface area (Å²) in [4.78, 5) is 22.0. The summed E-state index contributed by atoms with van der Waals surface area (Å²) in [5.41, 5.74) is 2.44. The summed E-state index contributed by atoms with van der Waals surface area (Å²) < 4.78 is 5.73. The standard InChI is InChI=1S/C17H17N3O2/c1-11-4-7-16(22-11)15-3-2-8-20(15)17(21)12-5-6-13-14(9-12)19-10-18-13/h4-7,9-10,15H,2-3,8H2,1H3,(H,18,19)/t15-/m1/s1. The molecule has 3 heterocycles. The van der Waals surface area contributed by atoms with Crippen LogP contribution >= 0.6 is 0 Å². The third-order valence-electron chi connectivity index (χ3n) is 4.27. The normalized spacial score (nSPS) is 18.2. The summed E-state index contributed by atoms with van der Waals surface area (Å²) in [6, 6.07) is 9.55. The van der Waals surface area contributed by atoms with Crippen molar-refractivity contribution in [1.82, 2.24) is 14.9 Å². The molecule has 1 fully saturated rings. The van der Waals surface area contributed by atoms with Gasteiger partial charge < -0.3 is 14.3 Å². The number of aromatic amines is 1. The van der Waals surface area contributed by atoms with Crippen LogP contribution in [0.5, 0.6) is 0 Å². The zero-order valence-electron chi connectivity index (χ0n) is 12.4. The average molecular weight is 295 g/mol. The SMILES string of the molecule is Cc1ccc([C@H]2CCCN2C(=O)c2ccc3nc[nH]c3c2)o1. The number of likely N-dealkylation sites (tertiary alicyclic amines) is 1. The molecule has 0 saturated carbocycles. The second kappa shape index (κ2) is 5.02. The minimum absolute atomic E-state index is 0.0404. The molecule has 1 amide bonds. The van der Waals surface area contributed by atoms with Crippen molar-refractivity contribution in [1.29, 1.82) is 0 Å². The van der Waals surface area contributed by atoms with Crippen molar-refractivity contribution < 1.29 is 9.21 Å². The third kappa shape index (κ3) is 2.09. The van der Waals surface area contributed by atoms with E-state index in [1.807, 2.05) is 42.2 Å². The molecule has 3 aromatic rings. The molecule has 5 nitrogen and oxygen atoms in total. The molecule has 5 heteroatoms. The lowest BCUT2D eigenvalue weighted by Crippen LogP contribution is -2.30. The van der Waals surface area contributed by atoms with E-state index in [0.717, 1.165) is 41.9 Å². The quantitative estimate of drug-likeness (QED) is 0.787. The fraction of sp³-hybridized carbons (Fsp3) is 0.294. The molecule has 1 N–H and O–H groups in total. The number of aryl methyl sites for hydroxylation is 1. The van der Waals surface area contributed by atoms with E-state index in [-0.39, 0.29) is 11.9 Å². The molecule has 1 aromatic carbocycles. The van der Waals surface area contributed by atoms with E-state index >= 15 is 0 Å². The topological polar surface area (TPSA) is 62.1 Å². The number of fused-ring (bicyclic) bond motifs is 1. The lowest BCUT2D eigenvalue weighted by atomic mass is 10.1. The average Bonchev–Trinajstić information content (AvgIpc) is 3.25. The van der Waals surface area contributed by atoms with Gasteiger partial charge in [-0.2, -0.15) is 0 Å². The highest BCUT2D eigenvalue weighted by molar-refractivity contribution is 5.97. The number of nitrogens with one attached hydrogen (secondary N) is 1. The molecular formula is C17H17N3O2. The minimum atomic E-state index is 0.0404. The van der Waals surface area contributed by atoms with Gasteiger partial charge in [0.25, 0.3) is 5.91 Å². The number of nitrogens with zero attached hydrogens (tertiary/aromatic N) is 2. The van der Waals surface area contributed by atoms with E-state index in [4.69, 9.17) is 4.42 Å². The fourth-order valence-electron chi connectivity index (χ4n) is 3.17. The van der Waals surface area contributed by atoms with Crippen molar-refractivity contribution in [3.05, 3.63) is 53.7 Å². The van der Waals surface area contributed by atoms with Gasteiger partial charge in [-0.15, -0.1) is 0 Å². The van der Waals surface area contributed by atoms with Crippen molar-refractivity contribution in [2.45, 2.75) is 25.8 Å². The highest BCUT2D eigenvalue weighted by Crippen LogP contribution is 2.34. The van der Waals surface area contributed by atoms with Gasteiger partial charge >= 0.3 is 0 Å². The summed E-state index contributed by atoms with van der Waals surface area (Å²) in [5, 5.41) is 0. The van der Waals surface area contributed by atoms with E-state index in [1.165, 1.54) is 0 Å². The van der Waals surface area contributed by atoms with Crippen LogP contribution in [0.2, 0.25) is 0 Å². The molecule has 1 aliphatic rings. The smallest absolute Gasteiger partial charge is 0.254 e. The van der Waals surface area contributed by atoms with E-state index in [0.29, 0.717) is 5.56 Å². The molecule has 0 aliphatic carbocycles. The van der Waals surface area contributed by atoms with Crippen molar-refractivity contribution in [3.63, 3.8) is 0 Å². The summed E-state index contributed by atoms with van der Waals surface area (Å²) in [6.45, 7) is 2.70. The Hall–Kier alpha value is -2.56. The number of hydrogen-bond donors (Lipinski definition) is 1. The Morgan fingerprint density at radius 3 is 3.09 bits per heavy atom. The van der Waals surface area contributed by atoms with Crippen LogP contribution in [0.25, 0.3) is 11.0 Å². The van der Waals surface area contributed by atoms with E-state index < -0.39 is 0 Å². The third-order valence-corrected chi connectivity index (χ3v) is 4.27. The minimum Gasteiger partial charge on any atom is -0.464 e. The van der Waals surface area contributed by atoms with Gasteiger partial charge in [0.2, 0.25) is 0 Å². The van der Waals surface area contributed by atoms with Gasteiger partial charge in [0.1, 0.15) is 11.5 Å². The molecule has 0 spiro atoms. The highest BCUT2D eigenvalue weighted by atomic mass is 16.3. The molecule has 4 rings (SSSR count). The van der Waals surface area contributed by atoms with Crippen LogP contribution in [0.1, 0.15) is 40.8 Å². The van der Waals surface area contributed by atoms with Gasteiger partial charge in [-0.05, 0) is 50.1 Å². The number of H-pyrrole nitrogens is 1. The number of imidazole rings is 1. The van der Waals surface area contributed by atoms with E-state index in [2.05, 4.69) is 9.97 Å². The lowest BCUT2D eigenvalue weighted by Gasteiger charge is -2.23. The molecular weight excluding hydrogens is 278 g/mol. The Bertz CT molecular complexity index is 833. The number of rotatable bonds is 2. The van der Waals surface area contributed by atoms with Crippen LogP contribution in [0.3, 0.4) is 0 Å². The van der Waals surface area contributed by atoms with Crippen LogP contribution in [-0.4, -0.2) is 27.3 Å². The first-order valence-electron chi connectivity index (χ1n) is 7.53. The Morgan fingerprint density at radius 2 is 2.27 bits per heavy atom. The number of carbonyl (C=O) groups is 1. The van der Waals surface area contributed by atoms with E-state index in [1.54, 1.807) is 6.33 Å². The first kappa shape index (κ1) is 13.1. The van der Waals surface area contributed by atoms with Gasteiger partial charge in [-0.25, -0.2) is 4.98 Å². The number of furan rings is 1.